The quantitative estimate of drug-likeness (QED) is 0.237. The number of hydrogen-bond acceptors (Lipinski definition) is 4. The summed E-state index contributed by atoms with van der Waals surface area (Å²) in [4.78, 5) is 31.5. The van der Waals surface area contributed by atoms with Gasteiger partial charge >= 0.3 is 0 Å². The van der Waals surface area contributed by atoms with Crippen molar-refractivity contribution in [3.63, 3.8) is 0 Å². The molecule has 2 aliphatic rings. The van der Waals surface area contributed by atoms with Gasteiger partial charge in [0.15, 0.2) is 0 Å². The minimum Gasteiger partial charge on any atom is -0.375 e. The fraction of sp³-hybridized carbons (Fsp3) is 0.353. The van der Waals surface area contributed by atoms with Crippen LogP contribution in [0.15, 0.2) is 83.8 Å². The summed E-state index contributed by atoms with van der Waals surface area (Å²) >= 11 is 1.75. The lowest BCUT2D eigenvalue weighted by atomic mass is 9.92. The molecule has 0 bridgehead atoms. The summed E-state index contributed by atoms with van der Waals surface area (Å²) in [6.45, 7) is 4.23. The molecule has 0 aromatic heterocycles. The molecular weight excluding hydrogens is 514 g/mol. The van der Waals surface area contributed by atoms with Gasteiger partial charge in [-0.1, -0.05) is 73.0 Å². The first kappa shape index (κ1) is 28.0. The average Bonchev–Trinajstić information content (AvgIpc) is 2.98. The van der Waals surface area contributed by atoms with Crippen LogP contribution in [0.25, 0.3) is 6.08 Å². The summed E-state index contributed by atoms with van der Waals surface area (Å²) in [7, 11) is 2.07. The number of carbonyl (C=O) groups excluding carboxylic acids is 2. The van der Waals surface area contributed by atoms with E-state index in [1.54, 1.807) is 11.8 Å². The normalized spacial score (nSPS) is 19.8. The van der Waals surface area contributed by atoms with E-state index >= 15 is 0 Å². The Bertz CT molecular complexity index is 1340. The predicted molar refractivity (Wildman–Crippen MR) is 166 cm³/mol. The largest absolute Gasteiger partial charge is 0.375 e. The molecular formula is C34H39N3O2S. The van der Waals surface area contributed by atoms with Crippen molar-refractivity contribution in [3.8, 4) is 0 Å². The molecule has 5 nitrogen and oxygen atoms in total. The highest BCUT2D eigenvalue weighted by atomic mass is 32.2. The second-order valence-electron chi connectivity index (χ2n) is 10.9. The molecule has 1 aliphatic carbocycles. The second kappa shape index (κ2) is 13.2. The van der Waals surface area contributed by atoms with E-state index in [0.717, 1.165) is 36.3 Å². The molecule has 5 rings (SSSR count). The first-order valence-corrected chi connectivity index (χ1v) is 15.3. The molecule has 40 heavy (non-hydrogen) atoms. The van der Waals surface area contributed by atoms with Crippen molar-refractivity contribution in [3.05, 3.63) is 106 Å². The van der Waals surface area contributed by atoms with Crippen LogP contribution in [0, 0.1) is 6.92 Å². The maximum absolute atomic E-state index is 13.7. The van der Waals surface area contributed by atoms with Crippen molar-refractivity contribution in [2.75, 3.05) is 25.0 Å². The molecule has 1 heterocycles. The Kier molecular flexibility index (Phi) is 9.27. The number of para-hydroxylation sites is 1. The minimum atomic E-state index is -0.0703. The zero-order valence-electron chi connectivity index (χ0n) is 23.5. The van der Waals surface area contributed by atoms with E-state index in [9.17, 15) is 9.59 Å². The third-order valence-corrected chi connectivity index (χ3v) is 9.28. The van der Waals surface area contributed by atoms with Gasteiger partial charge < -0.3 is 15.1 Å². The van der Waals surface area contributed by atoms with Gasteiger partial charge in [0.05, 0.1) is 4.91 Å². The molecule has 1 N–H and O–H groups in total. The molecule has 6 heteroatoms. The number of thioether (sulfide) groups is 1. The molecule has 1 saturated carbocycles. The van der Waals surface area contributed by atoms with Crippen molar-refractivity contribution in [1.29, 1.82) is 0 Å². The third-order valence-electron chi connectivity index (χ3n) is 7.88. The summed E-state index contributed by atoms with van der Waals surface area (Å²) in [5, 5.41) is 3.47. The number of anilines is 1. The van der Waals surface area contributed by atoms with Gasteiger partial charge in [0.1, 0.15) is 0 Å². The number of amides is 2. The molecule has 3 aromatic rings. The van der Waals surface area contributed by atoms with Crippen molar-refractivity contribution in [2.45, 2.75) is 56.9 Å². The van der Waals surface area contributed by atoms with Crippen LogP contribution in [0.2, 0.25) is 0 Å². The molecule has 1 saturated heterocycles. The molecule has 1 aliphatic heterocycles. The summed E-state index contributed by atoms with van der Waals surface area (Å²) < 4.78 is 0. The van der Waals surface area contributed by atoms with Gasteiger partial charge in [-0.05, 0) is 67.7 Å². The van der Waals surface area contributed by atoms with Crippen LogP contribution >= 0.6 is 11.8 Å². The van der Waals surface area contributed by atoms with Crippen molar-refractivity contribution < 1.29 is 9.59 Å². The number of aryl methyl sites for hydroxylation is 1. The Morgan fingerprint density at radius 2 is 1.80 bits per heavy atom. The first-order chi connectivity index (χ1) is 19.5. The van der Waals surface area contributed by atoms with Crippen LogP contribution < -0.4 is 10.2 Å². The van der Waals surface area contributed by atoms with Crippen molar-refractivity contribution >= 4 is 35.3 Å². The monoisotopic (exact) mass is 553 g/mol. The molecule has 3 aromatic carbocycles. The zero-order chi connectivity index (χ0) is 27.9. The Hall–Kier alpha value is -3.51. The Balaban J connectivity index is 1.20. The summed E-state index contributed by atoms with van der Waals surface area (Å²) in [5.74, 6) is 0.0519. The standard InChI is InChI=1S/C34H39N3O2S/c1-25-10-8-11-27(22-25)24-37-30-14-6-7-15-31(30)40-32(34(37)39)23-26-16-18-28(19-17-26)33(38)35-20-9-21-36(2)29-12-4-3-5-13-29/h3-5,8,10-13,16-19,22-23,30-31H,6-7,9,14-15,20-21,24H2,1-2H3,(H,35,38)/b32-23+. The highest BCUT2D eigenvalue weighted by Gasteiger charge is 2.40. The van der Waals surface area contributed by atoms with E-state index in [1.807, 2.05) is 48.5 Å². The average molecular weight is 554 g/mol. The van der Waals surface area contributed by atoms with Crippen LogP contribution in [-0.2, 0) is 11.3 Å². The van der Waals surface area contributed by atoms with E-state index in [1.165, 1.54) is 29.7 Å². The fourth-order valence-electron chi connectivity index (χ4n) is 5.68. The summed E-state index contributed by atoms with van der Waals surface area (Å²) in [6, 6.07) is 26.6. The van der Waals surface area contributed by atoms with E-state index in [2.05, 4.69) is 65.5 Å². The SMILES string of the molecule is Cc1cccc(CN2C(=O)/C(=C\c3ccc(C(=O)NCCCN(C)c4ccccc4)cc3)SC3CCCCC32)c1. The number of hydrogen-bond donors (Lipinski definition) is 1. The third kappa shape index (κ3) is 6.97. The van der Waals surface area contributed by atoms with Gasteiger partial charge in [-0.3, -0.25) is 9.59 Å². The van der Waals surface area contributed by atoms with Gasteiger partial charge in [0, 0.05) is 49.2 Å². The van der Waals surface area contributed by atoms with Crippen LogP contribution in [0.3, 0.4) is 0 Å². The zero-order valence-corrected chi connectivity index (χ0v) is 24.3. The first-order valence-electron chi connectivity index (χ1n) is 14.4. The maximum atomic E-state index is 13.7. The van der Waals surface area contributed by atoms with Crippen molar-refractivity contribution in [2.24, 2.45) is 0 Å². The van der Waals surface area contributed by atoms with Gasteiger partial charge in [-0.2, -0.15) is 0 Å². The summed E-state index contributed by atoms with van der Waals surface area (Å²) in [6.07, 6.45) is 7.50. The number of fused-ring (bicyclic) bond motifs is 1. The van der Waals surface area contributed by atoms with E-state index < -0.39 is 0 Å². The molecule has 0 radical (unpaired) electrons. The topological polar surface area (TPSA) is 52.7 Å². The van der Waals surface area contributed by atoms with E-state index in [0.29, 0.717) is 29.9 Å². The fourth-order valence-corrected chi connectivity index (χ4v) is 7.16. The highest BCUT2D eigenvalue weighted by Crippen LogP contribution is 2.42. The summed E-state index contributed by atoms with van der Waals surface area (Å²) in [5.41, 5.74) is 5.16. The lowest BCUT2D eigenvalue weighted by Gasteiger charge is -2.44. The maximum Gasteiger partial charge on any atom is 0.260 e. The van der Waals surface area contributed by atoms with E-state index in [4.69, 9.17) is 0 Å². The number of nitrogens with zero attached hydrogens (tertiary/aromatic N) is 2. The minimum absolute atomic E-state index is 0.0703. The Labute approximate surface area is 242 Å². The van der Waals surface area contributed by atoms with E-state index in [-0.39, 0.29) is 11.8 Å². The number of rotatable bonds is 9. The lowest BCUT2D eigenvalue weighted by molar-refractivity contribution is -0.130. The van der Waals surface area contributed by atoms with Gasteiger partial charge in [0.2, 0.25) is 0 Å². The highest BCUT2D eigenvalue weighted by molar-refractivity contribution is 8.04. The number of nitrogens with one attached hydrogen (secondary N) is 1. The lowest BCUT2D eigenvalue weighted by Crippen LogP contribution is -2.50. The molecule has 0 spiro atoms. The molecule has 2 amide bonds. The molecule has 2 unspecified atom stereocenters. The van der Waals surface area contributed by atoms with Crippen molar-refractivity contribution in [1.82, 2.24) is 10.2 Å². The van der Waals surface area contributed by atoms with Gasteiger partial charge in [-0.25, -0.2) is 0 Å². The van der Waals surface area contributed by atoms with Crippen LogP contribution in [0.4, 0.5) is 5.69 Å². The Morgan fingerprint density at radius 3 is 2.58 bits per heavy atom. The van der Waals surface area contributed by atoms with Crippen LogP contribution in [0.1, 0.15) is 59.2 Å². The van der Waals surface area contributed by atoms with Gasteiger partial charge in [-0.15, -0.1) is 11.8 Å². The Morgan fingerprint density at radius 1 is 1.02 bits per heavy atom. The smallest absolute Gasteiger partial charge is 0.260 e. The predicted octanol–water partition coefficient (Wildman–Crippen LogP) is 6.68. The van der Waals surface area contributed by atoms with Crippen LogP contribution in [0.5, 0.6) is 0 Å². The number of benzene rings is 3. The molecule has 208 valence electrons. The molecule has 2 fully saturated rings. The second-order valence-corrected chi connectivity index (χ2v) is 12.2. The molecule has 2 atom stereocenters. The number of carbonyl (C=O) groups is 2. The van der Waals surface area contributed by atoms with Crippen LogP contribution in [-0.4, -0.2) is 48.1 Å². The van der Waals surface area contributed by atoms with Gasteiger partial charge in [0.25, 0.3) is 11.8 Å².